The number of rotatable bonds is 30. The summed E-state index contributed by atoms with van der Waals surface area (Å²) in [4.78, 5) is 64.3. The van der Waals surface area contributed by atoms with Crippen molar-refractivity contribution in [1.29, 1.82) is 0 Å². The van der Waals surface area contributed by atoms with Crippen molar-refractivity contribution in [2.45, 2.75) is 252 Å². The van der Waals surface area contributed by atoms with Gasteiger partial charge in [0.1, 0.15) is 121 Å². The minimum atomic E-state index is -2.01. The Morgan fingerprint density at radius 1 is 0.432 bits per heavy atom. The normalized spacial score (nSPS) is 37.7. The van der Waals surface area contributed by atoms with E-state index in [1.165, 1.54) is 58.1 Å². The summed E-state index contributed by atoms with van der Waals surface area (Å²) in [6.45, 7) is 4.05. The minimum absolute atomic E-state index is 0.0775. The van der Waals surface area contributed by atoms with Crippen LogP contribution >= 0.6 is 0 Å². The summed E-state index contributed by atoms with van der Waals surface area (Å²) in [5, 5.41) is 135. The molecule has 0 aliphatic carbocycles. The Hall–Kier alpha value is -4.43. The first-order valence-corrected chi connectivity index (χ1v) is 30.1. The molecule has 25 atom stereocenters. The minimum Gasteiger partial charge on any atom is -0.494 e. The molecule has 0 saturated carbocycles. The average molecular weight is 1260 g/mol. The molecule has 502 valence electrons. The fourth-order valence-corrected chi connectivity index (χ4v) is 11.6. The predicted octanol–water partition coefficient (Wildman–Crippen LogP) is -4.93. The summed E-state index contributed by atoms with van der Waals surface area (Å²) in [7, 11) is 0. The highest BCUT2D eigenvalue weighted by Crippen LogP contribution is 2.36. The summed E-state index contributed by atoms with van der Waals surface area (Å²) in [5.74, 6) is -3.26. The molecule has 1 aromatic rings. The van der Waals surface area contributed by atoms with Crippen LogP contribution in [0.15, 0.2) is 24.3 Å². The average Bonchev–Trinajstić information content (AvgIpc) is 1.44. The molecule has 5 heterocycles. The van der Waals surface area contributed by atoms with Crippen LogP contribution in [0, 0.1) is 0 Å². The van der Waals surface area contributed by atoms with Crippen molar-refractivity contribution >= 4 is 29.5 Å². The van der Waals surface area contributed by atoms with E-state index in [4.69, 9.17) is 47.4 Å². The molecule has 0 radical (unpaired) electrons. The Bertz CT molecular complexity index is 2350. The Labute approximate surface area is 509 Å². The number of aliphatic hydroxyl groups excluding tert-OH is 11. The summed E-state index contributed by atoms with van der Waals surface area (Å²) in [6.07, 6.45) is -23.7. The van der Waals surface area contributed by atoms with Crippen molar-refractivity contribution < 1.29 is 128 Å². The second-order valence-electron chi connectivity index (χ2n) is 22.9. The van der Waals surface area contributed by atoms with Gasteiger partial charge in [0, 0.05) is 33.3 Å². The van der Waals surface area contributed by atoms with Gasteiger partial charge in [-0.25, -0.2) is 0 Å². The molecular formula is C57H93N5O26. The third kappa shape index (κ3) is 18.9. The van der Waals surface area contributed by atoms with E-state index in [2.05, 4.69) is 33.5 Å². The van der Waals surface area contributed by atoms with Crippen LogP contribution in [0.3, 0.4) is 0 Å². The van der Waals surface area contributed by atoms with Crippen LogP contribution in [0.4, 0.5) is 0 Å². The molecule has 16 N–H and O–H groups in total. The standard InChI is InChI=1S/C57H93N5O26/c1-7-8-9-10-11-12-13-14-15-19-79-32-18-16-17-31(20-32)53(78)62-39-44(73)43(72)33(21-63)81-54(39)86-50-35(23-65)83-56(41(46(50)75)60-29(5)70)88-52-37(25-67)84-57(42(48(52)77)61-30(6)71)87-51-36(24-66)82-55(40(47(51)76)59-28(4)69)85-49-34(22-64)80-26(2)38(45(49)74)58-27(3)68/h16-18,20,26,33-52,54-57,63-67,72-77H,7-15,19,21-25H2,1-6H3,(H,58,68)(H,59,69)(H,60,70)(H,61,71)(H,62,78)/t26?,33?,34?,35-,36-,37?,38+,39-,40?,41?,42-,43+,44+,45+,46?,47?,48?,49?,50+,51+,52+,54?,55?,56?,57-/m0/s1. The van der Waals surface area contributed by atoms with Crippen LogP contribution in [0.2, 0.25) is 0 Å². The van der Waals surface area contributed by atoms with Gasteiger partial charge >= 0.3 is 0 Å². The monoisotopic (exact) mass is 1260 g/mol. The Morgan fingerprint density at radius 2 is 0.773 bits per heavy atom. The topological polar surface area (TPSA) is 460 Å². The number of carbonyl (C=O) groups excluding carboxylic acids is 5. The smallest absolute Gasteiger partial charge is 0.251 e. The molecular weight excluding hydrogens is 1170 g/mol. The summed E-state index contributed by atoms with van der Waals surface area (Å²) in [6, 6.07) is -1.53. The molecule has 6 rings (SSSR count). The first-order valence-electron chi connectivity index (χ1n) is 30.1. The summed E-state index contributed by atoms with van der Waals surface area (Å²) >= 11 is 0. The molecule has 5 aliphatic rings. The Kier molecular flexibility index (Phi) is 28.8. The first-order chi connectivity index (χ1) is 42.0. The summed E-state index contributed by atoms with van der Waals surface area (Å²) in [5.41, 5.74) is 0.0775. The lowest BCUT2D eigenvalue weighted by Gasteiger charge is -2.51. The maximum Gasteiger partial charge on any atom is 0.251 e. The zero-order valence-corrected chi connectivity index (χ0v) is 50.4. The van der Waals surface area contributed by atoms with E-state index in [1.807, 2.05) is 0 Å². The van der Waals surface area contributed by atoms with Crippen molar-refractivity contribution in [3.8, 4) is 5.75 Å². The van der Waals surface area contributed by atoms with Crippen LogP contribution in [0.5, 0.6) is 5.75 Å². The van der Waals surface area contributed by atoms with Crippen LogP contribution in [0.1, 0.15) is 110 Å². The second kappa shape index (κ2) is 34.8. The van der Waals surface area contributed by atoms with Crippen LogP contribution < -0.4 is 31.3 Å². The number of ether oxygens (including phenoxy) is 10. The van der Waals surface area contributed by atoms with E-state index in [1.54, 1.807) is 12.1 Å². The number of hydrogen-bond donors (Lipinski definition) is 16. The van der Waals surface area contributed by atoms with E-state index in [0.29, 0.717) is 12.4 Å². The lowest BCUT2D eigenvalue weighted by Crippen LogP contribution is -2.72. The van der Waals surface area contributed by atoms with Crippen molar-refractivity contribution in [2.75, 3.05) is 39.6 Å². The van der Waals surface area contributed by atoms with Gasteiger partial charge in [-0.15, -0.1) is 0 Å². The second-order valence-corrected chi connectivity index (χ2v) is 22.9. The number of benzene rings is 1. The number of unbranched alkanes of at least 4 members (excludes halogenated alkanes) is 8. The van der Waals surface area contributed by atoms with Gasteiger partial charge in [-0.2, -0.15) is 0 Å². The molecule has 31 nitrogen and oxygen atoms in total. The van der Waals surface area contributed by atoms with Gasteiger partial charge in [0.25, 0.3) is 5.91 Å². The number of hydrogen-bond acceptors (Lipinski definition) is 26. The molecule has 5 saturated heterocycles. The fraction of sp³-hybridized carbons (Fsp3) is 0.807. The first kappa shape index (κ1) is 72.6. The van der Waals surface area contributed by atoms with Crippen molar-refractivity contribution in [2.24, 2.45) is 0 Å². The van der Waals surface area contributed by atoms with Gasteiger partial charge in [0.2, 0.25) is 23.6 Å². The highest BCUT2D eigenvalue weighted by Gasteiger charge is 2.57. The predicted molar refractivity (Wildman–Crippen MR) is 301 cm³/mol. The third-order valence-corrected chi connectivity index (χ3v) is 16.1. The van der Waals surface area contributed by atoms with Gasteiger partial charge in [0.05, 0.1) is 51.8 Å². The van der Waals surface area contributed by atoms with Crippen LogP contribution in [0.25, 0.3) is 0 Å². The lowest BCUT2D eigenvalue weighted by atomic mass is 9.92. The molecule has 5 fully saturated rings. The molecule has 0 aromatic heterocycles. The fourth-order valence-electron chi connectivity index (χ4n) is 11.6. The number of aliphatic hydroxyl groups is 11. The summed E-state index contributed by atoms with van der Waals surface area (Å²) < 4.78 is 60.6. The van der Waals surface area contributed by atoms with Gasteiger partial charge in [-0.05, 0) is 31.5 Å². The van der Waals surface area contributed by atoms with E-state index < -0.39 is 216 Å². The molecule has 31 heteroatoms. The highest BCUT2D eigenvalue weighted by atomic mass is 16.8. The van der Waals surface area contributed by atoms with Crippen molar-refractivity contribution in [3.63, 3.8) is 0 Å². The molecule has 5 aliphatic heterocycles. The quantitative estimate of drug-likeness (QED) is 0.0321. The molecule has 0 spiro atoms. The van der Waals surface area contributed by atoms with E-state index in [9.17, 15) is 80.1 Å². The molecule has 5 amide bonds. The third-order valence-electron chi connectivity index (χ3n) is 16.1. The zero-order valence-electron chi connectivity index (χ0n) is 50.4. The Morgan fingerprint density at radius 3 is 1.16 bits per heavy atom. The van der Waals surface area contributed by atoms with Crippen LogP contribution in [-0.4, -0.2) is 278 Å². The SMILES string of the molecule is CCCCCCCCCCCOc1cccc(C(=O)N[C@@H]2C(O[C@H]3C(O)C(NC(C)=O)C(O[C@@H]4C(CO)O[C@@H](O[C@H]5C(O)C(NC(C)=O)C(OC6C(CO)OC(C)[C@@H](NC(C)=O)[C@H]6O)O[C@H]5CO)[C@@H](NC(C)=O)C4O)O[C@H]3CO)OC(CO)[C@@H](O)[C@@H]2O)c1. The largest absolute Gasteiger partial charge is 0.494 e. The van der Waals surface area contributed by atoms with Crippen molar-refractivity contribution in [1.82, 2.24) is 26.6 Å². The van der Waals surface area contributed by atoms with E-state index >= 15 is 0 Å². The molecule has 1 aromatic carbocycles. The van der Waals surface area contributed by atoms with Crippen molar-refractivity contribution in [3.05, 3.63) is 29.8 Å². The molecule has 13 unspecified atom stereocenters. The number of amides is 5. The molecule has 88 heavy (non-hydrogen) atoms. The van der Waals surface area contributed by atoms with Gasteiger partial charge < -0.3 is 130 Å². The zero-order chi connectivity index (χ0) is 64.5. The lowest BCUT2D eigenvalue weighted by molar-refractivity contribution is -0.366. The Balaban J connectivity index is 1.18. The van der Waals surface area contributed by atoms with E-state index in [-0.39, 0.29) is 5.56 Å². The van der Waals surface area contributed by atoms with Crippen LogP contribution in [-0.2, 0) is 61.8 Å². The molecule has 0 bridgehead atoms. The van der Waals surface area contributed by atoms with Gasteiger partial charge in [-0.3, -0.25) is 24.0 Å². The maximum absolute atomic E-state index is 13.9. The maximum atomic E-state index is 13.9. The number of carbonyl (C=O) groups is 5. The van der Waals surface area contributed by atoms with Gasteiger partial charge in [-0.1, -0.05) is 64.4 Å². The number of nitrogens with one attached hydrogen (secondary N) is 5. The van der Waals surface area contributed by atoms with Gasteiger partial charge in [0.15, 0.2) is 25.2 Å². The van der Waals surface area contributed by atoms with E-state index in [0.717, 1.165) is 46.5 Å². The highest BCUT2D eigenvalue weighted by molar-refractivity contribution is 5.94.